The van der Waals surface area contributed by atoms with Crippen LogP contribution in [0.5, 0.6) is 5.75 Å². The molecule has 0 spiro atoms. The van der Waals surface area contributed by atoms with Gasteiger partial charge in [0.1, 0.15) is 5.75 Å². The molecule has 6 heteroatoms. The third-order valence-electron chi connectivity index (χ3n) is 3.86. The third-order valence-corrected chi connectivity index (χ3v) is 6.07. The predicted molar refractivity (Wildman–Crippen MR) is 74.8 cm³/mol. The number of aromatic hydroxyl groups is 1. The van der Waals surface area contributed by atoms with Gasteiger partial charge in [-0.2, -0.15) is 0 Å². The summed E-state index contributed by atoms with van der Waals surface area (Å²) in [5.41, 5.74) is 5.69. The molecular weight excluding hydrogens is 264 g/mol. The SMILES string of the molecule is CN(C)C1CCC(S(=O)(=O)c2ccc(N)c(O)c2)C1. The third kappa shape index (κ3) is 2.69. The lowest BCUT2D eigenvalue weighted by atomic mass is 10.2. The average Bonchev–Trinajstić information content (AvgIpc) is 2.82. The van der Waals surface area contributed by atoms with Crippen LogP contribution < -0.4 is 5.73 Å². The second-order valence-electron chi connectivity index (χ2n) is 5.32. The highest BCUT2D eigenvalue weighted by Gasteiger charge is 2.36. The van der Waals surface area contributed by atoms with E-state index in [0.717, 1.165) is 6.42 Å². The van der Waals surface area contributed by atoms with Gasteiger partial charge in [0, 0.05) is 12.1 Å². The summed E-state index contributed by atoms with van der Waals surface area (Å²) in [6.07, 6.45) is 2.19. The van der Waals surface area contributed by atoms with Crippen LogP contribution in [-0.2, 0) is 9.84 Å². The molecule has 1 fully saturated rings. The molecule has 2 unspecified atom stereocenters. The molecule has 0 aromatic heterocycles. The van der Waals surface area contributed by atoms with Gasteiger partial charge in [-0.25, -0.2) is 8.42 Å². The Kier molecular flexibility index (Phi) is 3.73. The smallest absolute Gasteiger partial charge is 0.181 e. The van der Waals surface area contributed by atoms with Crippen LogP contribution in [0.15, 0.2) is 23.1 Å². The normalized spacial score (nSPS) is 23.9. The van der Waals surface area contributed by atoms with Gasteiger partial charge in [-0.3, -0.25) is 0 Å². The summed E-state index contributed by atoms with van der Waals surface area (Å²) in [7, 11) is 0.547. The largest absolute Gasteiger partial charge is 0.506 e. The van der Waals surface area contributed by atoms with Crippen molar-refractivity contribution in [3.63, 3.8) is 0 Å². The number of nitrogens with zero attached hydrogens (tertiary/aromatic N) is 1. The molecule has 0 saturated heterocycles. The maximum atomic E-state index is 12.5. The van der Waals surface area contributed by atoms with Crippen molar-refractivity contribution in [2.75, 3.05) is 19.8 Å². The van der Waals surface area contributed by atoms with E-state index < -0.39 is 9.84 Å². The summed E-state index contributed by atoms with van der Waals surface area (Å²) >= 11 is 0. The van der Waals surface area contributed by atoms with Crippen molar-refractivity contribution in [3.8, 4) is 5.75 Å². The van der Waals surface area contributed by atoms with Gasteiger partial charge in [0.25, 0.3) is 0 Å². The number of phenols is 1. The molecule has 106 valence electrons. The van der Waals surface area contributed by atoms with E-state index in [4.69, 9.17) is 5.73 Å². The quantitative estimate of drug-likeness (QED) is 0.644. The van der Waals surface area contributed by atoms with Crippen molar-refractivity contribution in [3.05, 3.63) is 18.2 Å². The Hall–Kier alpha value is -1.27. The van der Waals surface area contributed by atoms with Crippen molar-refractivity contribution >= 4 is 15.5 Å². The number of phenolic OH excluding ortho intramolecular Hbond substituents is 1. The van der Waals surface area contributed by atoms with Crippen LogP contribution in [-0.4, -0.2) is 43.8 Å². The molecular formula is C13H20N2O3S. The summed E-state index contributed by atoms with van der Waals surface area (Å²) in [5, 5.41) is 9.18. The van der Waals surface area contributed by atoms with Gasteiger partial charge in [-0.05, 0) is 45.5 Å². The number of nitrogen functional groups attached to an aromatic ring is 1. The van der Waals surface area contributed by atoms with E-state index in [-0.39, 0.29) is 21.6 Å². The molecule has 1 aliphatic carbocycles. The zero-order valence-corrected chi connectivity index (χ0v) is 12.0. The van der Waals surface area contributed by atoms with Gasteiger partial charge in [0.15, 0.2) is 9.84 Å². The van der Waals surface area contributed by atoms with Crippen molar-refractivity contribution < 1.29 is 13.5 Å². The zero-order chi connectivity index (χ0) is 14.2. The summed E-state index contributed by atoms with van der Waals surface area (Å²) in [6, 6.07) is 4.45. The predicted octanol–water partition coefficient (Wildman–Crippen LogP) is 1.23. The van der Waals surface area contributed by atoms with E-state index in [2.05, 4.69) is 4.90 Å². The summed E-state index contributed by atoms with van der Waals surface area (Å²) in [4.78, 5) is 2.22. The fourth-order valence-corrected chi connectivity index (χ4v) is 4.40. The molecule has 0 amide bonds. The van der Waals surface area contributed by atoms with Crippen LogP contribution in [0.2, 0.25) is 0 Å². The monoisotopic (exact) mass is 284 g/mol. The second kappa shape index (κ2) is 5.02. The molecule has 1 aromatic carbocycles. The van der Waals surface area contributed by atoms with Crippen LogP contribution in [0, 0.1) is 0 Å². The second-order valence-corrected chi connectivity index (χ2v) is 7.55. The van der Waals surface area contributed by atoms with Crippen molar-refractivity contribution in [2.24, 2.45) is 0 Å². The number of rotatable bonds is 3. The molecule has 1 aliphatic rings. The van der Waals surface area contributed by atoms with E-state index in [1.54, 1.807) is 0 Å². The number of nitrogens with two attached hydrogens (primary N) is 1. The minimum Gasteiger partial charge on any atom is -0.506 e. The number of anilines is 1. The molecule has 2 rings (SSSR count). The van der Waals surface area contributed by atoms with Crippen LogP contribution >= 0.6 is 0 Å². The zero-order valence-electron chi connectivity index (χ0n) is 11.2. The van der Waals surface area contributed by atoms with Gasteiger partial charge in [-0.15, -0.1) is 0 Å². The first kappa shape index (κ1) is 14.1. The first-order chi connectivity index (χ1) is 8.82. The molecule has 1 saturated carbocycles. The van der Waals surface area contributed by atoms with Crippen LogP contribution in [0.4, 0.5) is 5.69 Å². The highest BCUT2D eigenvalue weighted by atomic mass is 32.2. The Morgan fingerprint density at radius 2 is 2.00 bits per heavy atom. The topological polar surface area (TPSA) is 83.6 Å². The molecule has 0 aliphatic heterocycles. The summed E-state index contributed by atoms with van der Waals surface area (Å²) in [5.74, 6) is -0.178. The van der Waals surface area contributed by atoms with E-state index in [1.165, 1.54) is 18.2 Å². The fraction of sp³-hybridized carbons (Fsp3) is 0.538. The van der Waals surface area contributed by atoms with Crippen molar-refractivity contribution in [1.29, 1.82) is 0 Å². The molecule has 3 N–H and O–H groups in total. The Bertz CT molecular complexity index is 569. The van der Waals surface area contributed by atoms with Crippen LogP contribution in [0.3, 0.4) is 0 Å². The Labute approximate surface area is 113 Å². The maximum Gasteiger partial charge on any atom is 0.181 e. The Morgan fingerprint density at radius 1 is 1.32 bits per heavy atom. The summed E-state index contributed by atoms with van der Waals surface area (Å²) in [6.45, 7) is 0. The van der Waals surface area contributed by atoms with Gasteiger partial charge in [0.2, 0.25) is 0 Å². The summed E-state index contributed by atoms with van der Waals surface area (Å²) < 4.78 is 25.0. The number of benzene rings is 1. The van der Waals surface area contributed by atoms with Crippen molar-refractivity contribution in [2.45, 2.75) is 35.4 Å². The number of hydrogen-bond acceptors (Lipinski definition) is 5. The molecule has 5 nitrogen and oxygen atoms in total. The minimum absolute atomic E-state index is 0.156. The Morgan fingerprint density at radius 3 is 2.53 bits per heavy atom. The lowest BCUT2D eigenvalue weighted by Crippen LogP contribution is -2.27. The van der Waals surface area contributed by atoms with Gasteiger partial charge in [0.05, 0.1) is 15.8 Å². The van der Waals surface area contributed by atoms with E-state index in [1.807, 2.05) is 14.1 Å². The lowest BCUT2D eigenvalue weighted by molar-refractivity contribution is 0.299. The van der Waals surface area contributed by atoms with Gasteiger partial charge in [-0.1, -0.05) is 0 Å². The maximum absolute atomic E-state index is 12.5. The van der Waals surface area contributed by atoms with Crippen LogP contribution in [0.25, 0.3) is 0 Å². The highest BCUT2D eigenvalue weighted by Crippen LogP contribution is 2.33. The molecule has 0 radical (unpaired) electrons. The molecule has 0 bridgehead atoms. The standard InChI is InChI=1S/C13H20N2O3S/c1-15(2)9-3-4-10(7-9)19(17,18)11-5-6-12(14)13(16)8-11/h5-6,8-10,16H,3-4,7,14H2,1-2H3. The van der Waals surface area contributed by atoms with Gasteiger partial charge < -0.3 is 15.7 Å². The molecule has 19 heavy (non-hydrogen) atoms. The lowest BCUT2D eigenvalue weighted by Gasteiger charge is -2.19. The molecule has 0 heterocycles. The minimum atomic E-state index is -3.39. The first-order valence-electron chi connectivity index (χ1n) is 6.31. The van der Waals surface area contributed by atoms with E-state index in [0.29, 0.717) is 18.9 Å². The highest BCUT2D eigenvalue weighted by molar-refractivity contribution is 7.92. The Balaban J connectivity index is 2.26. The van der Waals surface area contributed by atoms with E-state index in [9.17, 15) is 13.5 Å². The van der Waals surface area contributed by atoms with E-state index >= 15 is 0 Å². The van der Waals surface area contributed by atoms with Crippen LogP contribution in [0.1, 0.15) is 19.3 Å². The van der Waals surface area contributed by atoms with Gasteiger partial charge >= 0.3 is 0 Å². The number of hydrogen-bond donors (Lipinski definition) is 2. The number of sulfone groups is 1. The van der Waals surface area contributed by atoms with Crippen molar-refractivity contribution in [1.82, 2.24) is 4.90 Å². The molecule has 1 aromatic rings. The first-order valence-corrected chi connectivity index (χ1v) is 7.86. The fourth-order valence-electron chi connectivity index (χ4n) is 2.56. The molecule has 2 atom stereocenters. The average molecular weight is 284 g/mol.